The number of likely N-dealkylation sites (tertiary alicyclic amines) is 1. The Hall–Kier alpha value is -7.48. The van der Waals surface area contributed by atoms with Crippen LogP contribution in [0.5, 0.6) is 0 Å². The summed E-state index contributed by atoms with van der Waals surface area (Å²) in [5.74, 6) is 1.20. The number of fused-ring (bicyclic) bond motifs is 4. The smallest absolute Gasteiger partial charge is 0.444 e. The number of carbonyl (C=O) groups excluding carboxylic acids is 3. The topological polar surface area (TPSA) is 171 Å². The average molecular weight is 1420 g/mol. The second-order valence-electron chi connectivity index (χ2n) is 28.8. The van der Waals surface area contributed by atoms with Gasteiger partial charge in [-0.3, -0.25) is 19.9 Å². The highest BCUT2D eigenvalue weighted by atomic mass is 79.9. The van der Waals surface area contributed by atoms with E-state index in [2.05, 4.69) is 114 Å². The van der Waals surface area contributed by atoms with Gasteiger partial charge in [0.2, 0.25) is 0 Å². The molecule has 1 N–H and O–H groups in total. The van der Waals surface area contributed by atoms with E-state index in [4.69, 9.17) is 23.5 Å². The molecule has 0 aliphatic carbocycles. The van der Waals surface area contributed by atoms with E-state index in [-0.39, 0.29) is 49.0 Å². The molecule has 4 aromatic carbocycles. The van der Waals surface area contributed by atoms with E-state index in [1.54, 1.807) is 16.0 Å². The highest BCUT2D eigenvalue weighted by Crippen LogP contribution is 2.40. The third-order valence-corrected chi connectivity index (χ3v) is 18.5. The van der Waals surface area contributed by atoms with Crippen molar-refractivity contribution in [2.24, 2.45) is 0 Å². The lowest BCUT2D eigenvalue weighted by atomic mass is 9.75. The number of nitrogens with one attached hydrogen (secondary N) is 1. The van der Waals surface area contributed by atoms with Gasteiger partial charge in [-0.15, -0.1) is 12.4 Å². The maximum Gasteiger partial charge on any atom is 0.490 e. The Morgan fingerprint density at radius 2 is 0.888 bits per heavy atom. The van der Waals surface area contributed by atoms with Crippen molar-refractivity contribution >= 4 is 102 Å². The van der Waals surface area contributed by atoms with E-state index in [0.29, 0.717) is 38.0 Å². The summed E-state index contributed by atoms with van der Waals surface area (Å²) in [6, 6.07) is 33.6. The van der Waals surface area contributed by atoms with Crippen molar-refractivity contribution in [2.75, 3.05) is 52.4 Å². The minimum atomic E-state index is -0.465. The molecule has 4 aromatic heterocycles. The predicted molar refractivity (Wildman–Crippen MR) is 405 cm³/mol. The van der Waals surface area contributed by atoms with Crippen molar-refractivity contribution < 1.29 is 37.9 Å². The van der Waals surface area contributed by atoms with Gasteiger partial charge in [-0.25, -0.2) is 14.4 Å². The summed E-state index contributed by atoms with van der Waals surface area (Å²) < 4.78 is 29.5. The Balaban J connectivity index is 0.000000174. The molecule has 0 bridgehead atoms. The summed E-state index contributed by atoms with van der Waals surface area (Å²) >= 11 is 3.47. The number of pyridine rings is 4. The van der Waals surface area contributed by atoms with Gasteiger partial charge in [-0.1, -0.05) is 109 Å². The maximum atomic E-state index is 12.2. The van der Waals surface area contributed by atoms with Crippen LogP contribution in [-0.4, -0.2) is 140 Å². The molecule has 3 saturated heterocycles. The van der Waals surface area contributed by atoms with Crippen LogP contribution in [-0.2, 0) is 23.5 Å². The van der Waals surface area contributed by atoms with E-state index in [0.717, 1.165) is 67.2 Å². The van der Waals surface area contributed by atoms with Crippen molar-refractivity contribution in [1.29, 1.82) is 0 Å². The van der Waals surface area contributed by atoms with Crippen LogP contribution >= 0.6 is 28.3 Å². The highest BCUT2D eigenvalue weighted by molar-refractivity contribution is 9.10. The molecule has 0 saturated carbocycles. The molecule has 98 heavy (non-hydrogen) atoms. The van der Waals surface area contributed by atoms with Gasteiger partial charge in [0.05, 0.1) is 11.2 Å². The zero-order chi connectivity index (χ0) is 70.1. The molecular formula is C79H103BBrClN8O8. The van der Waals surface area contributed by atoms with E-state index < -0.39 is 16.8 Å². The number of ether oxygens (including phenoxy) is 3. The van der Waals surface area contributed by atoms with E-state index in [9.17, 15) is 14.4 Å². The number of carbonyl (C=O) groups is 3. The number of piperidine rings is 2. The molecule has 0 atom stereocenters. The predicted octanol–water partition coefficient (Wildman–Crippen LogP) is 18.9. The monoisotopic (exact) mass is 1420 g/mol. The second kappa shape index (κ2) is 35.0. The van der Waals surface area contributed by atoms with Crippen molar-refractivity contribution in [3.63, 3.8) is 0 Å². The number of hydrogen-bond donors (Lipinski definition) is 1. The second-order valence-corrected chi connectivity index (χ2v) is 29.7. The third kappa shape index (κ3) is 21.8. The highest BCUT2D eigenvalue weighted by Gasteiger charge is 2.52. The average Bonchev–Trinajstić information content (AvgIpc) is 1.56. The molecule has 16 nitrogen and oxygen atoms in total. The summed E-state index contributed by atoms with van der Waals surface area (Å²) in [7, 11) is -0.314. The summed E-state index contributed by atoms with van der Waals surface area (Å²) in [5.41, 5.74) is 4.47. The first-order chi connectivity index (χ1) is 46.1. The summed E-state index contributed by atoms with van der Waals surface area (Å²) in [6.07, 6.45) is 24.5. The van der Waals surface area contributed by atoms with Crippen molar-refractivity contribution in [2.45, 2.75) is 182 Å². The summed E-state index contributed by atoms with van der Waals surface area (Å²) in [5, 5.41) is 13.2. The molecule has 5 aliphatic heterocycles. The third-order valence-electron chi connectivity index (χ3n) is 17.8. The molecule has 0 spiro atoms. The van der Waals surface area contributed by atoms with Gasteiger partial charge < -0.3 is 43.5 Å². The van der Waals surface area contributed by atoms with Crippen LogP contribution in [0.15, 0.2) is 169 Å². The van der Waals surface area contributed by atoms with Crippen molar-refractivity contribution in [1.82, 2.24) is 40.0 Å². The number of hydrogen-bond acceptors (Lipinski definition) is 13. The van der Waals surface area contributed by atoms with E-state index in [1.165, 1.54) is 72.8 Å². The summed E-state index contributed by atoms with van der Waals surface area (Å²) in [4.78, 5) is 58.2. The van der Waals surface area contributed by atoms with Gasteiger partial charge in [0.25, 0.3) is 0 Å². The molecule has 5 aliphatic rings. The lowest BCUT2D eigenvalue weighted by Gasteiger charge is -2.34. The lowest BCUT2D eigenvalue weighted by Crippen LogP contribution is -2.41. The molecule has 13 rings (SSSR count). The van der Waals surface area contributed by atoms with Crippen LogP contribution in [0.3, 0.4) is 0 Å². The standard InChI is InChI=1S/C19H24N2O2.C19H22N2O2.C16H28BNO4.C14H16N2.C9H6BrN.C2H6.ClH/c2*1-19(2,3)23-18(22)21-11-8-14(9-12-21)16-6-4-5-15-13-20-10-7-17(15)16;1-14(2,3)20-13(19)18-10-8-12(9-11-18)17-21-15(4,5)16(6,7)22-17;1-2-12-10-16-9-6-14(12)13(3-1)11-4-7-15-8-5-11;10-9-3-1-2-7-6-11-5-4-8(7)9;1-2;/h4-7,10,13-14H,8-9,11-12H2,1-3H3;4-8,10,13H,9,11-12H2,1-3H3;8H,9-11H2,1-7H3;1-3,6,9-11,15H,4-5,7-8H2;1-6H;1-2H3;1H. The van der Waals surface area contributed by atoms with Crippen LogP contribution in [0.4, 0.5) is 14.4 Å². The van der Waals surface area contributed by atoms with Crippen molar-refractivity contribution in [3.05, 3.63) is 185 Å². The van der Waals surface area contributed by atoms with Crippen LogP contribution in [0.25, 0.3) is 48.7 Å². The van der Waals surface area contributed by atoms with E-state index in [1.807, 2.05) is 189 Å². The fourth-order valence-electron chi connectivity index (χ4n) is 12.1. The van der Waals surface area contributed by atoms with Crippen LogP contribution in [0.1, 0.15) is 171 Å². The molecule has 9 heterocycles. The Labute approximate surface area is 596 Å². The molecule has 3 amide bonds. The Morgan fingerprint density at radius 3 is 1.32 bits per heavy atom. The van der Waals surface area contributed by atoms with Gasteiger partial charge in [0, 0.05) is 115 Å². The fraction of sp³-hybridized carbons (Fsp3) is 0.456. The molecule has 8 aromatic rings. The minimum Gasteiger partial charge on any atom is -0.444 e. The van der Waals surface area contributed by atoms with Crippen molar-refractivity contribution in [3.8, 4) is 0 Å². The van der Waals surface area contributed by atoms with Gasteiger partial charge >= 0.3 is 25.4 Å². The molecule has 0 radical (unpaired) electrons. The number of benzene rings is 4. The normalized spacial score (nSPS) is 17.1. The fourth-order valence-corrected chi connectivity index (χ4v) is 12.6. The number of rotatable bonds is 4. The van der Waals surface area contributed by atoms with Crippen LogP contribution in [0, 0.1) is 0 Å². The van der Waals surface area contributed by atoms with Gasteiger partial charge in [-0.2, -0.15) is 0 Å². The first-order valence-corrected chi connectivity index (χ1v) is 35.3. The molecule has 19 heteroatoms. The molecular weight excluding hydrogens is 1320 g/mol. The van der Waals surface area contributed by atoms with Gasteiger partial charge in [0.15, 0.2) is 0 Å². The number of amides is 3. The maximum absolute atomic E-state index is 12.2. The lowest BCUT2D eigenvalue weighted by molar-refractivity contribution is 0.00578. The molecule has 524 valence electrons. The first kappa shape index (κ1) is 77.9. The van der Waals surface area contributed by atoms with E-state index >= 15 is 0 Å². The number of nitrogens with zero attached hydrogens (tertiary/aromatic N) is 7. The van der Waals surface area contributed by atoms with Crippen LogP contribution in [0.2, 0.25) is 0 Å². The Morgan fingerprint density at radius 1 is 0.500 bits per heavy atom. The zero-order valence-corrected chi connectivity index (χ0v) is 62.7. The number of aromatic nitrogens is 4. The molecule has 3 fully saturated rings. The largest absolute Gasteiger partial charge is 0.490 e. The SMILES string of the molecule is Brc1cccc2cnccc12.CC.CC(C)(C)OC(=O)N1CC=C(B2OC(C)(C)C(C)(C)O2)CC1.CC(C)(C)OC(=O)N1CC=C(c2cccc3cnccc23)CC1.CC(C)(C)OC(=O)N1CCC(c2cccc3cnccc23)CC1.Cl.c1cc(C2CCNCC2)c2ccncc2c1. The summed E-state index contributed by atoms with van der Waals surface area (Å²) in [6.45, 7) is 35.4. The molecule has 0 unspecified atom stereocenters. The Bertz CT molecular complexity index is 3970. The minimum absolute atomic E-state index is 0. The van der Waals surface area contributed by atoms with Gasteiger partial charge in [-0.05, 0) is 233 Å². The zero-order valence-electron chi connectivity index (χ0n) is 60.3. The first-order valence-electron chi connectivity index (χ1n) is 34.5. The number of halogens is 2. The Kier molecular flexibility index (Phi) is 27.8. The quantitative estimate of drug-likeness (QED) is 0.131. The van der Waals surface area contributed by atoms with Gasteiger partial charge in [0.1, 0.15) is 16.8 Å². The van der Waals surface area contributed by atoms with Crippen LogP contribution < -0.4 is 5.32 Å².